The SMILES string of the molecule is OP(O)(O)=S.OP(O)(O)=S.OP(O)(O)=S.OP(O)(O)=S.OP(O)(O)=S.[NaH]. The molecule has 15 nitrogen and oxygen atoms in total. The summed E-state index contributed by atoms with van der Waals surface area (Å²) in [5, 5.41) is 0. The molecule has 0 aliphatic rings. The van der Waals surface area contributed by atoms with Crippen molar-refractivity contribution in [3.8, 4) is 0 Å². The molecular formula is H16NaO15P5S5. The summed E-state index contributed by atoms with van der Waals surface area (Å²) in [6.07, 6.45) is 0. The van der Waals surface area contributed by atoms with E-state index >= 15 is 0 Å². The average Bonchev–Trinajstić information content (AvgIpc) is 1.79. The topological polar surface area (TPSA) is 303 Å². The monoisotopic (exact) mass is 594 g/mol. The van der Waals surface area contributed by atoms with Crippen LogP contribution < -0.4 is 0 Å². The van der Waals surface area contributed by atoms with Crippen LogP contribution >= 0.6 is 33.6 Å². The van der Waals surface area contributed by atoms with E-state index in [9.17, 15) is 0 Å². The van der Waals surface area contributed by atoms with Crippen LogP contribution in [0.2, 0.25) is 0 Å². The van der Waals surface area contributed by atoms with Crippen molar-refractivity contribution in [2.75, 3.05) is 0 Å². The normalized spacial score (nSPS) is 11.3. The first-order valence-electron chi connectivity index (χ1n) is 3.91. The van der Waals surface area contributed by atoms with Gasteiger partial charge in [-0.3, -0.25) is 0 Å². The maximum atomic E-state index is 7.56. The summed E-state index contributed by atoms with van der Waals surface area (Å²) in [7, 11) is 0. The average molecular weight is 594 g/mol. The van der Waals surface area contributed by atoms with E-state index in [2.05, 4.69) is 59.0 Å². The van der Waals surface area contributed by atoms with Crippen molar-refractivity contribution in [1.29, 1.82) is 0 Å². The maximum absolute atomic E-state index is 7.56. The van der Waals surface area contributed by atoms with Crippen molar-refractivity contribution in [3.05, 3.63) is 0 Å². The fourth-order valence-corrected chi connectivity index (χ4v) is 0. The molecule has 0 aliphatic heterocycles. The zero-order valence-corrected chi connectivity index (χ0v) is 19.5. The van der Waals surface area contributed by atoms with Gasteiger partial charge in [0, 0.05) is 0 Å². The standard InChI is InChI=1S/Na.5H3O3PS.H/c;5*1-4(2,3)5;/h;5*(H3,1,2,3,5);. The second kappa shape index (κ2) is 19.3. The molecular weight excluding hydrogens is 578 g/mol. The van der Waals surface area contributed by atoms with Gasteiger partial charge in [-0.25, -0.2) is 0 Å². The van der Waals surface area contributed by atoms with Crippen molar-refractivity contribution in [2.45, 2.75) is 0 Å². The van der Waals surface area contributed by atoms with Gasteiger partial charge in [0.25, 0.3) is 0 Å². The molecule has 0 amide bonds. The first-order valence-corrected chi connectivity index (χ1v) is 17.2. The summed E-state index contributed by atoms with van der Waals surface area (Å²) < 4.78 is 0. The van der Waals surface area contributed by atoms with Crippen LogP contribution in [0.1, 0.15) is 0 Å². The molecule has 162 valence electrons. The van der Waals surface area contributed by atoms with Crippen LogP contribution in [-0.4, -0.2) is 103 Å². The predicted molar refractivity (Wildman–Crippen MR) is 112 cm³/mol. The van der Waals surface area contributed by atoms with Crippen molar-refractivity contribution >= 4 is 122 Å². The Morgan fingerprint density at radius 3 is 0.269 bits per heavy atom. The molecule has 0 spiro atoms. The Morgan fingerprint density at radius 2 is 0.269 bits per heavy atom. The van der Waals surface area contributed by atoms with Gasteiger partial charge in [0.2, 0.25) is 0 Å². The van der Waals surface area contributed by atoms with Crippen LogP contribution in [0.3, 0.4) is 0 Å². The third-order valence-corrected chi connectivity index (χ3v) is 0. The fourth-order valence-electron chi connectivity index (χ4n) is 0. The molecule has 0 saturated carbocycles. The summed E-state index contributed by atoms with van der Waals surface area (Å²) >= 11 is 18.0. The molecule has 0 bridgehead atoms. The van der Waals surface area contributed by atoms with Crippen molar-refractivity contribution in [2.24, 2.45) is 0 Å². The van der Waals surface area contributed by atoms with E-state index in [4.69, 9.17) is 73.4 Å². The van der Waals surface area contributed by atoms with Gasteiger partial charge < -0.3 is 73.4 Å². The summed E-state index contributed by atoms with van der Waals surface area (Å²) in [6.45, 7) is -19.0. The molecule has 15 N–H and O–H groups in total. The van der Waals surface area contributed by atoms with Crippen LogP contribution in [0.25, 0.3) is 0 Å². The molecule has 0 fully saturated rings. The Morgan fingerprint density at radius 1 is 0.269 bits per heavy atom. The summed E-state index contributed by atoms with van der Waals surface area (Å²) in [4.78, 5) is 113. The number of hydrogen-bond acceptors (Lipinski definition) is 5. The first-order chi connectivity index (χ1) is 10.0. The number of rotatable bonds is 0. The van der Waals surface area contributed by atoms with Crippen LogP contribution in [0.5, 0.6) is 0 Å². The van der Waals surface area contributed by atoms with Gasteiger partial charge in [-0.1, -0.05) is 0 Å². The van der Waals surface area contributed by atoms with E-state index in [0.29, 0.717) is 0 Å². The van der Waals surface area contributed by atoms with E-state index in [0.717, 1.165) is 0 Å². The molecule has 26 heavy (non-hydrogen) atoms. The van der Waals surface area contributed by atoms with E-state index in [1.165, 1.54) is 0 Å². The Labute approximate surface area is 194 Å². The molecule has 0 rings (SSSR count). The molecule has 0 unspecified atom stereocenters. The van der Waals surface area contributed by atoms with Gasteiger partial charge in [-0.05, 0) is 59.0 Å². The van der Waals surface area contributed by atoms with E-state index in [1.54, 1.807) is 0 Å². The minimum absolute atomic E-state index is 0. The fraction of sp³-hybridized carbons (Fsp3) is 0. The van der Waals surface area contributed by atoms with Crippen LogP contribution in [0.15, 0.2) is 0 Å². The molecule has 0 aromatic heterocycles. The van der Waals surface area contributed by atoms with Gasteiger partial charge >= 0.3 is 63.2 Å². The van der Waals surface area contributed by atoms with Gasteiger partial charge in [-0.15, -0.1) is 0 Å². The second-order valence-corrected chi connectivity index (χ2v) is 15.0. The van der Waals surface area contributed by atoms with E-state index in [1.807, 2.05) is 0 Å². The molecule has 0 radical (unpaired) electrons. The van der Waals surface area contributed by atoms with E-state index < -0.39 is 33.6 Å². The Bertz CT molecular complexity index is 387. The molecule has 0 aromatic rings. The predicted octanol–water partition coefficient (Wildman–Crippen LogP) is -4.71. The summed E-state index contributed by atoms with van der Waals surface area (Å²) in [6, 6.07) is 0. The number of hydrogen-bond donors (Lipinski definition) is 15. The minimum atomic E-state index is -3.81. The van der Waals surface area contributed by atoms with Crippen LogP contribution in [-0.2, 0) is 59.0 Å². The Kier molecular flexibility index (Phi) is 32.4. The third-order valence-electron chi connectivity index (χ3n) is 0. The molecule has 0 saturated heterocycles. The van der Waals surface area contributed by atoms with Gasteiger partial charge in [-0.2, -0.15) is 0 Å². The quantitative estimate of drug-likeness (QED) is 0.0925. The molecule has 0 aliphatic carbocycles. The van der Waals surface area contributed by atoms with Crippen molar-refractivity contribution in [3.63, 3.8) is 0 Å². The second-order valence-electron chi connectivity index (χ2n) is 2.57. The van der Waals surface area contributed by atoms with Crippen molar-refractivity contribution < 1.29 is 73.4 Å². The van der Waals surface area contributed by atoms with Gasteiger partial charge in [0.1, 0.15) is 0 Å². The molecule has 0 heterocycles. The van der Waals surface area contributed by atoms with Crippen molar-refractivity contribution in [1.82, 2.24) is 0 Å². The third kappa shape index (κ3) is 1470. The zero-order valence-electron chi connectivity index (χ0n) is 11.0. The van der Waals surface area contributed by atoms with Crippen LogP contribution in [0, 0.1) is 0 Å². The molecule has 0 atom stereocenters. The first kappa shape index (κ1) is 43.5. The Hall–Kier alpha value is 3.65. The Balaban J connectivity index is -0.0000000476. The summed E-state index contributed by atoms with van der Waals surface area (Å²) in [5.41, 5.74) is 0. The molecule has 26 heteroatoms. The van der Waals surface area contributed by atoms with Crippen LogP contribution in [0.4, 0.5) is 0 Å². The summed E-state index contributed by atoms with van der Waals surface area (Å²) in [5.74, 6) is 0. The van der Waals surface area contributed by atoms with E-state index in [-0.39, 0.29) is 29.6 Å². The molecule has 0 aromatic carbocycles. The zero-order chi connectivity index (χ0) is 22.5. The van der Waals surface area contributed by atoms with Gasteiger partial charge in [0.05, 0.1) is 0 Å². The van der Waals surface area contributed by atoms with Gasteiger partial charge in [0.15, 0.2) is 0 Å².